The van der Waals surface area contributed by atoms with Crippen molar-refractivity contribution in [2.75, 3.05) is 11.9 Å². The number of anilines is 1. The maximum atomic E-state index is 15.4. The smallest absolute Gasteiger partial charge is 0.405 e. The van der Waals surface area contributed by atoms with E-state index in [9.17, 15) is 57.9 Å². The monoisotopic (exact) mass is 743 g/mol. The van der Waals surface area contributed by atoms with E-state index >= 15 is 4.39 Å². The Hall–Kier alpha value is -3.51. The summed E-state index contributed by atoms with van der Waals surface area (Å²) >= 11 is 0.981. The van der Waals surface area contributed by atoms with Gasteiger partial charge in [-0.25, -0.2) is 13.2 Å². The maximum Gasteiger partial charge on any atom is 0.573 e. The number of hydrogen-bond donors (Lipinski definition) is 0. The molecule has 0 spiro atoms. The molecule has 43 heavy (non-hydrogen) atoms. The van der Waals surface area contributed by atoms with Gasteiger partial charge in [0.2, 0.25) is 0 Å². The van der Waals surface area contributed by atoms with E-state index in [1.807, 2.05) is 0 Å². The molecule has 0 heterocycles. The van der Waals surface area contributed by atoms with Crippen LogP contribution >= 0.6 is 22.6 Å². The molecule has 4 nitrogen and oxygen atoms in total. The Kier molecular flexibility index (Phi) is 9.39. The van der Waals surface area contributed by atoms with E-state index in [1.54, 1.807) is 0 Å². The van der Waals surface area contributed by atoms with Crippen LogP contribution in [0.5, 0.6) is 5.75 Å². The first-order valence-corrected chi connectivity index (χ1v) is 12.4. The van der Waals surface area contributed by atoms with E-state index in [1.165, 1.54) is 0 Å². The van der Waals surface area contributed by atoms with Crippen molar-refractivity contribution in [1.29, 1.82) is 0 Å². The molecule has 1 amide bonds. The number of carbonyl (C=O) groups is 2. The van der Waals surface area contributed by atoms with Crippen molar-refractivity contribution >= 4 is 40.0 Å². The predicted molar refractivity (Wildman–Crippen MR) is 134 cm³/mol. The minimum absolute atomic E-state index is 0.0602. The molecule has 0 bridgehead atoms. The highest BCUT2D eigenvalue weighted by molar-refractivity contribution is 14.1. The molecule has 0 aromatic heterocycles. The lowest BCUT2D eigenvalue weighted by Crippen LogP contribution is -2.50. The average molecular weight is 743 g/mol. The summed E-state index contributed by atoms with van der Waals surface area (Å²) in [5.74, 6) is -6.01. The zero-order chi connectivity index (χ0) is 32.7. The molecule has 0 aliphatic heterocycles. The van der Waals surface area contributed by atoms with Crippen LogP contribution in [0.15, 0.2) is 54.6 Å². The first kappa shape index (κ1) is 34.0. The van der Waals surface area contributed by atoms with E-state index in [-0.39, 0.29) is 11.6 Å². The molecule has 3 rings (SSSR count). The molecule has 0 aliphatic rings. The fourth-order valence-electron chi connectivity index (χ4n) is 3.83. The minimum Gasteiger partial charge on any atom is -0.405 e. The van der Waals surface area contributed by atoms with Gasteiger partial charge >= 0.3 is 24.4 Å². The molecule has 0 radical (unpaired) electrons. The van der Waals surface area contributed by atoms with Gasteiger partial charge in [0, 0.05) is 33.7 Å². The second kappa shape index (κ2) is 11.9. The van der Waals surface area contributed by atoms with Gasteiger partial charge < -0.3 is 9.64 Å². The number of carbonyl (C=O) groups excluding carboxylic acids is 2. The number of halogens is 13. The number of nitrogens with zero attached hydrogens (tertiary/aromatic N) is 1. The summed E-state index contributed by atoms with van der Waals surface area (Å²) in [5.41, 5.74) is -10.8. The molecule has 17 heteroatoms. The topological polar surface area (TPSA) is 46.6 Å². The third-order valence-corrected chi connectivity index (χ3v) is 6.89. The Morgan fingerprint density at radius 1 is 0.837 bits per heavy atom. The van der Waals surface area contributed by atoms with E-state index < -0.39 is 91.9 Å². The molecule has 0 unspecified atom stereocenters. The van der Waals surface area contributed by atoms with Gasteiger partial charge in [0.15, 0.2) is 11.6 Å². The quantitative estimate of drug-likeness (QED) is 0.139. The first-order chi connectivity index (χ1) is 19.6. The number of hydrogen-bond acceptors (Lipinski definition) is 3. The van der Waals surface area contributed by atoms with Crippen molar-refractivity contribution < 1.29 is 67.0 Å². The van der Waals surface area contributed by atoms with Crippen molar-refractivity contribution in [3.63, 3.8) is 0 Å². The van der Waals surface area contributed by atoms with Crippen LogP contribution in [0.25, 0.3) is 0 Å². The number of ketones is 1. The van der Waals surface area contributed by atoms with E-state index in [2.05, 4.69) is 4.74 Å². The van der Waals surface area contributed by atoms with E-state index in [0.717, 1.165) is 77.0 Å². The van der Waals surface area contributed by atoms with Crippen LogP contribution in [0.4, 0.5) is 58.4 Å². The number of Topliss-reactive ketones (excluding diaryl/α,β-unsaturated/α-hetero) is 1. The summed E-state index contributed by atoms with van der Waals surface area (Å²) in [7, 11) is 1.08. The summed E-state index contributed by atoms with van der Waals surface area (Å²) < 4.78 is 165. The minimum atomic E-state index is -6.66. The van der Waals surface area contributed by atoms with Crippen LogP contribution < -0.4 is 9.64 Å². The second-order valence-corrected chi connectivity index (χ2v) is 9.91. The third kappa shape index (κ3) is 7.01. The highest BCUT2D eigenvalue weighted by Gasteiger charge is 2.73. The Morgan fingerprint density at radius 2 is 1.40 bits per heavy atom. The zero-order valence-corrected chi connectivity index (χ0v) is 23.1. The normalized spacial score (nSPS) is 12.7. The van der Waals surface area contributed by atoms with Crippen molar-refractivity contribution in [3.8, 4) is 5.75 Å². The van der Waals surface area contributed by atoms with Gasteiger partial charge in [-0.15, -0.1) is 13.2 Å². The zero-order valence-electron chi connectivity index (χ0n) is 21.0. The van der Waals surface area contributed by atoms with Crippen molar-refractivity contribution in [3.05, 3.63) is 92.1 Å². The molecule has 0 aliphatic carbocycles. The van der Waals surface area contributed by atoms with Crippen LogP contribution in [-0.2, 0) is 12.1 Å². The van der Waals surface area contributed by atoms with Crippen LogP contribution in [-0.4, -0.2) is 37.5 Å². The number of amides is 1. The van der Waals surface area contributed by atoms with Gasteiger partial charge in [0.05, 0.1) is 11.3 Å². The molecule has 0 atom stereocenters. The molecule has 3 aromatic rings. The number of alkyl halides is 10. The Bertz CT molecular complexity index is 1520. The van der Waals surface area contributed by atoms with Crippen LogP contribution in [0.3, 0.4) is 0 Å². The van der Waals surface area contributed by atoms with Crippen molar-refractivity contribution in [1.82, 2.24) is 0 Å². The molecule has 0 saturated heterocycles. The highest BCUT2D eigenvalue weighted by Crippen LogP contribution is 2.54. The first-order valence-electron chi connectivity index (χ1n) is 11.3. The number of benzene rings is 3. The van der Waals surface area contributed by atoms with Crippen LogP contribution in [0, 0.1) is 15.2 Å². The lowest BCUT2D eigenvalue weighted by Gasteiger charge is -2.31. The number of ether oxygens (including phenoxy) is 1. The number of rotatable bonds is 7. The summed E-state index contributed by atoms with van der Waals surface area (Å²) in [6.45, 7) is 0. The van der Waals surface area contributed by atoms with Crippen molar-refractivity contribution in [2.45, 2.75) is 30.8 Å². The van der Waals surface area contributed by atoms with Gasteiger partial charge in [0.25, 0.3) is 5.91 Å². The van der Waals surface area contributed by atoms with Gasteiger partial charge in [-0.05, 0) is 71.1 Å². The van der Waals surface area contributed by atoms with Gasteiger partial charge in [-0.3, -0.25) is 9.59 Å². The molecular formula is C26H14F12INO3. The second-order valence-electron chi connectivity index (χ2n) is 8.75. The molecule has 0 saturated carbocycles. The molecule has 0 N–H and O–H groups in total. The highest BCUT2D eigenvalue weighted by atomic mass is 127. The predicted octanol–water partition coefficient (Wildman–Crippen LogP) is 8.46. The third-order valence-electron chi connectivity index (χ3n) is 5.93. The molecule has 3 aromatic carbocycles. The summed E-state index contributed by atoms with van der Waals surface area (Å²) in [6.07, 6.45) is -20.3. The fourth-order valence-corrected chi connectivity index (χ4v) is 4.62. The standard InChI is InChI=1S/C26H14F12INO3/c1-40(22(42)12-5-7-14(27)8-6-12)18-4-2-3-15(21(18)28)19(41)11-16-17(39)9-13(10-20(16)43-26(36,37)38)23(29,24(30,31)32)25(33,34)35/h2-10H,11H2,1H3. The average Bonchev–Trinajstić information content (AvgIpc) is 2.87. The molecular weight excluding hydrogens is 729 g/mol. The van der Waals surface area contributed by atoms with Gasteiger partial charge in [0.1, 0.15) is 11.6 Å². The van der Waals surface area contributed by atoms with Gasteiger partial charge in [-0.2, -0.15) is 26.3 Å². The maximum absolute atomic E-state index is 15.4. The van der Waals surface area contributed by atoms with E-state index in [4.69, 9.17) is 0 Å². The summed E-state index contributed by atoms with van der Waals surface area (Å²) in [6, 6.07) is 6.48. The SMILES string of the molecule is CN(C(=O)c1ccc(F)cc1)c1cccc(C(=O)Cc2c(I)cc(C(F)(C(F)(F)F)C(F)(F)F)cc2OC(F)(F)F)c1F. The Morgan fingerprint density at radius 3 is 1.91 bits per heavy atom. The van der Waals surface area contributed by atoms with Gasteiger partial charge in [-0.1, -0.05) is 6.07 Å². The van der Waals surface area contributed by atoms with Crippen molar-refractivity contribution in [2.24, 2.45) is 0 Å². The van der Waals surface area contributed by atoms with Crippen LogP contribution in [0.1, 0.15) is 31.8 Å². The summed E-state index contributed by atoms with van der Waals surface area (Å²) in [4.78, 5) is 26.4. The lowest BCUT2D eigenvalue weighted by molar-refractivity contribution is -0.348. The Balaban J connectivity index is 2.07. The lowest BCUT2D eigenvalue weighted by atomic mass is 9.91. The largest absolute Gasteiger partial charge is 0.573 e. The summed E-state index contributed by atoms with van der Waals surface area (Å²) in [5, 5.41) is 0. The molecule has 232 valence electrons. The van der Waals surface area contributed by atoms with Crippen LogP contribution in [0.2, 0.25) is 0 Å². The molecule has 0 fully saturated rings. The fraction of sp³-hybridized carbons (Fsp3) is 0.231. The Labute approximate surface area is 247 Å². The van der Waals surface area contributed by atoms with E-state index in [0.29, 0.717) is 0 Å².